The number of piperazine rings is 1. The van der Waals surface area contributed by atoms with Gasteiger partial charge >= 0.3 is 0 Å². The number of fused-ring (bicyclic) bond motifs is 2. The molecule has 2 aromatic carbocycles. The predicted octanol–water partition coefficient (Wildman–Crippen LogP) is 5.16. The lowest BCUT2D eigenvalue weighted by Gasteiger charge is -2.35. The van der Waals surface area contributed by atoms with Crippen LogP contribution in [0.5, 0.6) is 0 Å². The molecule has 3 aliphatic rings. The van der Waals surface area contributed by atoms with E-state index in [-0.39, 0.29) is 23.7 Å². The van der Waals surface area contributed by atoms with E-state index >= 15 is 0 Å². The fraction of sp³-hybridized carbons (Fsp3) is 0.317. The monoisotopic (exact) mass is 722 g/mol. The normalized spacial score (nSPS) is 19.4. The molecular formula is C41H39FN10O2. The van der Waals surface area contributed by atoms with E-state index in [1.165, 1.54) is 6.07 Å². The standard InChI is InChI=1S/C41H39FN10O2/c42-30-10-3-9-29(25-30)32-13-6-20-50(32)38-17-16-36-43-26-35(52(36)47-38)31-11-5-14-37(45-31)49-23-21-48(22-24-49)19-2-1-7-28-8-4-12-33-40(28)44-27-51(33)34-15-18-39(53)46-41(34)54/h3-5,8-12,14,16-17,25-27,32,34H,2,6,13,15,18-24H2,(H,46,53,54)/t32-,34?/m1/s1. The largest absolute Gasteiger partial charge is 0.354 e. The maximum absolute atomic E-state index is 14.1. The molecule has 2 atom stereocenters. The number of rotatable bonds is 7. The Morgan fingerprint density at radius 1 is 0.870 bits per heavy atom. The summed E-state index contributed by atoms with van der Waals surface area (Å²) in [7, 11) is 0. The SMILES string of the molecule is O=C1CCC(n2cnc3c(C#CCCN4CCN(c5cccc(-c6cnc7ccc(N8CCC[C@@H]8c8cccc(F)c8)nn67)n5)CC4)cccc32)C(=O)N1. The van der Waals surface area contributed by atoms with Gasteiger partial charge in [-0.2, -0.15) is 0 Å². The number of anilines is 2. The Morgan fingerprint density at radius 2 is 1.74 bits per heavy atom. The van der Waals surface area contributed by atoms with Crippen LogP contribution in [0.1, 0.15) is 55.3 Å². The minimum atomic E-state index is -0.452. The van der Waals surface area contributed by atoms with Crippen molar-refractivity contribution in [2.75, 3.05) is 49.1 Å². The van der Waals surface area contributed by atoms with E-state index in [1.807, 2.05) is 63.8 Å². The number of aromatic nitrogens is 6. The fourth-order valence-corrected chi connectivity index (χ4v) is 7.96. The second-order valence-corrected chi connectivity index (χ2v) is 14.1. The molecule has 54 heavy (non-hydrogen) atoms. The van der Waals surface area contributed by atoms with Crippen LogP contribution >= 0.6 is 0 Å². The summed E-state index contributed by atoms with van der Waals surface area (Å²) in [4.78, 5) is 45.4. The second kappa shape index (κ2) is 14.4. The van der Waals surface area contributed by atoms with Crippen LogP contribution in [0.2, 0.25) is 0 Å². The first-order valence-corrected chi connectivity index (χ1v) is 18.6. The lowest BCUT2D eigenvalue weighted by atomic mass is 10.0. The van der Waals surface area contributed by atoms with Crippen LogP contribution in [0, 0.1) is 17.7 Å². The van der Waals surface area contributed by atoms with Gasteiger partial charge in [0, 0.05) is 52.1 Å². The van der Waals surface area contributed by atoms with Crippen molar-refractivity contribution in [3.63, 3.8) is 0 Å². The van der Waals surface area contributed by atoms with E-state index in [9.17, 15) is 14.0 Å². The Labute approximate surface area is 311 Å². The van der Waals surface area contributed by atoms with Crippen molar-refractivity contribution in [3.8, 4) is 23.2 Å². The quantitative estimate of drug-likeness (QED) is 0.176. The van der Waals surface area contributed by atoms with Crippen LogP contribution in [-0.4, -0.2) is 85.1 Å². The lowest BCUT2D eigenvalue weighted by Crippen LogP contribution is -2.46. The number of carbonyl (C=O) groups is 2. The third kappa shape index (κ3) is 6.54. The highest BCUT2D eigenvalue weighted by molar-refractivity contribution is 6.00. The average Bonchev–Trinajstić information content (AvgIpc) is 3.96. The summed E-state index contributed by atoms with van der Waals surface area (Å²) in [5.41, 5.74) is 5.78. The van der Waals surface area contributed by atoms with Gasteiger partial charge in [-0.1, -0.05) is 36.1 Å². The number of nitrogens with one attached hydrogen (secondary N) is 1. The van der Waals surface area contributed by atoms with Crippen molar-refractivity contribution >= 4 is 40.1 Å². The molecule has 7 heterocycles. The summed E-state index contributed by atoms with van der Waals surface area (Å²) >= 11 is 0. The van der Waals surface area contributed by atoms with E-state index in [1.54, 1.807) is 18.5 Å². The van der Waals surface area contributed by atoms with Crippen LogP contribution in [0.4, 0.5) is 16.0 Å². The minimum Gasteiger partial charge on any atom is -0.354 e. The van der Waals surface area contributed by atoms with Gasteiger partial charge in [0.05, 0.1) is 35.3 Å². The topological polar surface area (TPSA) is 117 Å². The van der Waals surface area contributed by atoms with Gasteiger partial charge in [0.25, 0.3) is 0 Å². The van der Waals surface area contributed by atoms with Gasteiger partial charge in [-0.05, 0) is 73.4 Å². The highest BCUT2D eigenvalue weighted by Gasteiger charge is 2.30. The molecule has 13 heteroatoms. The first-order chi connectivity index (χ1) is 26.5. The molecule has 1 unspecified atom stereocenters. The Bertz CT molecular complexity index is 2440. The van der Waals surface area contributed by atoms with Gasteiger partial charge in [0.2, 0.25) is 11.8 Å². The number of para-hydroxylation sites is 1. The number of pyridine rings is 1. The highest BCUT2D eigenvalue weighted by atomic mass is 19.1. The summed E-state index contributed by atoms with van der Waals surface area (Å²) < 4.78 is 17.8. The maximum atomic E-state index is 14.1. The number of hydrogen-bond donors (Lipinski definition) is 1. The van der Waals surface area contributed by atoms with Crippen molar-refractivity contribution < 1.29 is 14.0 Å². The van der Waals surface area contributed by atoms with Crippen LogP contribution < -0.4 is 15.1 Å². The highest BCUT2D eigenvalue weighted by Crippen LogP contribution is 2.36. The number of amides is 2. The summed E-state index contributed by atoms with van der Waals surface area (Å²) in [6.45, 7) is 5.24. The van der Waals surface area contributed by atoms with Crippen molar-refractivity contribution in [3.05, 3.63) is 102 Å². The van der Waals surface area contributed by atoms with Crippen molar-refractivity contribution in [1.82, 2.24) is 39.3 Å². The van der Waals surface area contributed by atoms with Crippen molar-refractivity contribution in [1.29, 1.82) is 0 Å². The van der Waals surface area contributed by atoms with Gasteiger partial charge in [-0.25, -0.2) is 23.9 Å². The zero-order valence-corrected chi connectivity index (χ0v) is 29.7. The minimum absolute atomic E-state index is 0.0732. The molecular weight excluding hydrogens is 684 g/mol. The molecule has 2 amide bonds. The molecule has 0 radical (unpaired) electrons. The van der Waals surface area contributed by atoms with Crippen LogP contribution in [0.15, 0.2) is 85.3 Å². The smallest absolute Gasteiger partial charge is 0.249 e. The first-order valence-electron chi connectivity index (χ1n) is 18.6. The molecule has 6 aromatic rings. The number of hydrogen-bond acceptors (Lipinski definition) is 9. The molecule has 272 valence electrons. The molecule has 3 aliphatic heterocycles. The Kier molecular flexibility index (Phi) is 8.96. The summed E-state index contributed by atoms with van der Waals surface area (Å²) in [6.07, 6.45) is 6.96. The predicted molar refractivity (Wildman–Crippen MR) is 203 cm³/mol. The van der Waals surface area contributed by atoms with Crippen LogP contribution in [-0.2, 0) is 9.59 Å². The zero-order chi connectivity index (χ0) is 36.6. The number of nitrogens with zero attached hydrogens (tertiary/aromatic N) is 9. The molecule has 3 saturated heterocycles. The molecule has 0 saturated carbocycles. The van der Waals surface area contributed by atoms with Gasteiger partial charge in [0.1, 0.15) is 34.7 Å². The first kappa shape index (κ1) is 33.7. The van der Waals surface area contributed by atoms with E-state index < -0.39 is 6.04 Å². The number of benzene rings is 2. The third-order valence-corrected chi connectivity index (χ3v) is 10.7. The number of carbonyl (C=O) groups excluding carboxylic acids is 2. The van der Waals surface area contributed by atoms with E-state index in [0.717, 1.165) is 109 Å². The molecule has 9 rings (SSSR count). The third-order valence-electron chi connectivity index (χ3n) is 10.7. The molecule has 12 nitrogen and oxygen atoms in total. The summed E-state index contributed by atoms with van der Waals surface area (Å²) in [6, 6.07) is 22.4. The summed E-state index contributed by atoms with van der Waals surface area (Å²) in [5.74, 6) is 7.66. The number of imide groups is 1. The van der Waals surface area contributed by atoms with Gasteiger partial charge in [0.15, 0.2) is 5.65 Å². The molecule has 0 bridgehead atoms. The zero-order valence-electron chi connectivity index (χ0n) is 29.7. The van der Waals surface area contributed by atoms with Crippen LogP contribution in [0.25, 0.3) is 28.1 Å². The Hall–Kier alpha value is -6.13. The van der Waals surface area contributed by atoms with Gasteiger partial charge in [-0.3, -0.25) is 19.8 Å². The van der Waals surface area contributed by atoms with Crippen molar-refractivity contribution in [2.45, 2.75) is 44.2 Å². The van der Waals surface area contributed by atoms with Crippen molar-refractivity contribution in [2.24, 2.45) is 0 Å². The number of halogens is 1. The lowest BCUT2D eigenvalue weighted by molar-refractivity contribution is -0.135. The Morgan fingerprint density at radius 3 is 2.61 bits per heavy atom. The van der Waals surface area contributed by atoms with E-state index in [4.69, 9.17) is 10.1 Å². The second-order valence-electron chi connectivity index (χ2n) is 14.1. The van der Waals surface area contributed by atoms with Crippen LogP contribution in [0.3, 0.4) is 0 Å². The van der Waals surface area contributed by atoms with E-state index in [0.29, 0.717) is 12.8 Å². The summed E-state index contributed by atoms with van der Waals surface area (Å²) in [5, 5.41) is 7.46. The average molecular weight is 723 g/mol. The molecule has 0 aliphatic carbocycles. The molecule has 0 spiro atoms. The van der Waals surface area contributed by atoms with Gasteiger partial charge < -0.3 is 14.4 Å². The number of piperidine rings is 1. The maximum Gasteiger partial charge on any atom is 0.249 e. The molecule has 3 fully saturated rings. The van der Waals surface area contributed by atoms with E-state index in [2.05, 4.69) is 47.9 Å². The molecule has 1 N–H and O–H groups in total. The van der Waals surface area contributed by atoms with Gasteiger partial charge in [-0.15, -0.1) is 5.10 Å². The fourth-order valence-electron chi connectivity index (χ4n) is 7.96. The number of imidazole rings is 2. The Balaban J connectivity index is 0.836. The molecule has 4 aromatic heterocycles.